The van der Waals surface area contributed by atoms with Gasteiger partial charge in [0.05, 0.1) is 6.10 Å². The smallest absolute Gasteiger partial charge is 0.249 e. The summed E-state index contributed by atoms with van der Waals surface area (Å²) in [6.07, 6.45) is 1.45. The third-order valence-corrected chi connectivity index (χ3v) is 4.97. The fraction of sp³-hybridized carbons (Fsp3) is 0.923. The van der Waals surface area contributed by atoms with E-state index in [1.807, 2.05) is 0 Å². The fourth-order valence-corrected chi connectivity index (χ4v) is 2.86. The molecule has 0 aromatic carbocycles. The lowest BCUT2D eigenvalue weighted by molar-refractivity contribution is -0.132. The van der Waals surface area contributed by atoms with Crippen molar-refractivity contribution in [1.29, 1.82) is 0 Å². The summed E-state index contributed by atoms with van der Waals surface area (Å²) in [5, 5.41) is 3.12. The first-order chi connectivity index (χ1) is 7.80. The second-order valence-electron chi connectivity index (χ2n) is 6.44. The molecule has 0 aromatic rings. The van der Waals surface area contributed by atoms with Crippen molar-refractivity contribution in [3.8, 4) is 0 Å². The fourth-order valence-electron chi connectivity index (χ4n) is 2.86. The second-order valence-corrected chi connectivity index (χ2v) is 6.44. The zero-order valence-corrected chi connectivity index (χ0v) is 11.2. The third-order valence-electron chi connectivity index (χ3n) is 4.97. The van der Waals surface area contributed by atoms with Crippen LogP contribution in [-0.4, -0.2) is 30.7 Å². The van der Waals surface area contributed by atoms with Gasteiger partial charge < -0.3 is 15.8 Å². The van der Waals surface area contributed by atoms with Crippen LogP contribution in [0.25, 0.3) is 0 Å². The number of carbonyl (C=O) groups is 1. The van der Waals surface area contributed by atoms with Crippen LogP contribution in [0.1, 0.15) is 40.5 Å². The molecule has 0 bridgehead atoms. The van der Waals surface area contributed by atoms with Crippen LogP contribution in [0.4, 0.5) is 0 Å². The maximum atomic E-state index is 12.1. The van der Waals surface area contributed by atoms with E-state index in [1.165, 1.54) is 0 Å². The van der Waals surface area contributed by atoms with Crippen LogP contribution in [0.3, 0.4) is 0 Å². The Morgan fingerprint density at radius 2 is 1.88 bits per heavy atom. The molecule has 1 saturated carbocycles. The zero-order valence-electron chi connectivity index (χ0n) is 11.2. The molecule has 0 aromatic heterocycles. The molecule has 17 heavy (non-hydrogen) atoms. The molecule has 1 amide bonds. The van der Waals surface area contributed by atoms with Crippen LogP contribution in [-0.2, 0) is 9.53 Å². The van der Waals surface area contributed by atoms with Crippen molar-refractivity contribution >= 4 is 5.91 Å². The van der Waals surface area contributed by atoms with E-state index in [9.17, 15) is 4.79 Å². The van der Waals surface area contributed by atoms with Gasteiger partial charge in [0.1, 0.15) is 6.10 Å². The lowest BCUT2D eigenvalue weighted by atomic mass is 10.0. The standard InChI is InChI=1S/C13H24N2O2/c1-12(2)11(13(12,3)4)15-10(16)9-6-5-8(7-14)17-9/h8-9,11H,5-7,14H2,1-4H3,(H,15,16). The van der Waals surface area contributed by atoms with Gasteiger partial charge in [-0.3, -0.25) is 4.79 Å². The second kappa shape index (κ2) is 3.95. The van der Waals surface area contributed by atoms with E-state index in [-0.39, 0.29) is 35.0 Å². The Hall–Kier alpha value is -0.610. The van der Waals surface area contributed by atoms with Crippen LogP contribution >= 0.6 is 0 Å². The molecule has 0 spiro atoms. The molecule has 2 aliphatic rings. The van der Waals surface area contributed by atoms with E-state index in [0.29, 0.717) is 6.54 Å². The Labute approximate surface area is 103 Å². The molecule has 3 N–H and O–H groups in total. The zero-order chi connectivity index (χ0) is 12.8. The van der Waals surface area contributed by atoms with E-state index in [0.717, 1.165) is 12.8 Å². The quantitative estimate of drug-likeness (QED) is 0.775. The normalized spacial score (nSPS) is 34.6. The first-order valence-corrected chi connectivity index (χ1v) is 6.46. The molecule has 1 aliphatic heterocycles. The van der Waals surface area contributed by atoms with Gasteiger partial charge in [0.15, 0.2) is 0 Å². The largest absolute Gasteiger partial charge is 0.364 e. The predicted octanol–water partition coefficient (Wildman–Crippen LogP) is 1.04. The highest BCUT2D eigenvalue weighted by molar-refractivity contribution is 5.82. The minimum absolute atomic E-state index is 0.0320. The van der Waals surface area contributed by atoms with Crippen LogP contribution in [0.5, 0.6) is 0 Å². The lowest BCUT2D eigenvalue weighted by Gasteiger charge is -2.13. The topological polar surface area (TPSA) is 64.4 Å². The van der Waals surface area contributed by atoms with Gasteiger partial charge in [-0.15, -0.1) is 0 Å². The number of hydrogen-bond donors (Lipinski definition) is 2. The average Bonchev–Trinajstić information content (AvgIpc) is 2.65. The van der Waals surface area contributed by atoms with Crippen molar-refractivity contribution in [2.75, 3.05) is 6.54 Å². The number of amides is 1. The Morgan fingerprint density at radius 1 is 1.29 bits per heavy atom. The van der Waals surface area contributed by atoms with Crippen molar-refractivity contribution in [1.82, 2.24) is 5.32 Å². The number of hydrogen-bond acceptors (Lipinski definition) is 3. The maximum Gasteiger partial charge on any atom is 0.249 e. The molecule has 1 saturated heterocycles. The number of rotatable bonds is 3. The molecule has 2 fully saturated rings. The minimum Gasteiger partial charge on any atom is -0.364 e. The number of nitrogens with two attached hydrogens (primary N) is 1. The SMILES string of the molecule is CC1(C)C(NC(=O)C2CCC(CN)O2)C1(C)C. The summed E-state index contributed by atoms with van der Waals surface area (Å²) < 4.78 is 5.60. The van der Waals surface area contributed by atoms with Gasteiger partial charge in [-0.05, 0) is 23.7 Å². The first-order valence-electron chi connectivity index (χ1n) is 6.46. The molecule has 2 unspecified atom stereocenters. The van der Waals surface area contributed by atoms with Crippen LogP contribution < -0.4 is 11.1 Å². The highest BCUT2D eigenvalue weighted by Crippen LogP contribution is 2.62. The summed E-state index contributed by atoms with van der Waals surface area (Å²) in [6.45, 7) is 9.27. The first kappa shape index (κ1) is 12.8. The van der Waals surface area contributed by atoms with Crippen molar-refractivity contribution < 1.29 is 9.53 Å². The summed E-state index contributed by atoms with van der Waals surface area (Å²) in [5.74, 6) is 0.0320. The maximum absolute atomic E-state index is 12.1. The average molecular weight is 240 g/mol. The Balaban J connectivity index is 1.88. The molecule has 0 radical (unpaired) electrons. The molecular formula is C13H24N2O2. The molecule has 2 rings (SSSR count). The molecule has 4 nitrogen and oxygen atoms in total. The van der Waals surface area contributed by atoms with Gasteiger partial charge in [0, 0.05) is 12.6 Å². The van der Waals surface area contributed by atoms with E-state index in [4.69, 9.17) is 10.5 Å². The summed E-state index contributed by atoms with van der Waals surface area (Å²) >= 11 is 0. The Bertz CT molecular complexity index is 311. The predicted molar refractivity (Wildman–Crippen MR) is 66.4 cm³/mol. The van der Waals surface area contributed by atoms with Crippen molar-refractivity contribution in [2.45, 2.75) is 58.8 Å². The van der Waals surface area contributed by atoms with Gasteiger partial charge in [0.2, 0.25) is 5.91 Å². The van der Waals surface area contributed by atoms with E-state index in [1.54, 1.807) is 0 Å². The summed E-state index contributed by atoms with van der Waals surface area (Å²) in [6, 6.07) is 0.253. The number of carbonyl (C=O) groups excluding carboxylic acids is 1. The monoisotopic (exact) mass is 240 g/mol. The van der Waals surface area contributed by atoms with Crippen LogP contribution in [0, 0.1) is 10.8 Å². The third kappa shape index (κ3) is 1.97. The van der Waals surface area contributed by atoms with Gasteiger partial charge in [-0.2, -0.15) is 0 Å². The lowest BCUT2D eigenvalue weighted by Crippen LogP contribution is -2.38. The Morgan fingerprint density at radius 3 is 2.29 bits per heavy atom. The summed E-state index contributed by atoms with van der Waals surface area (Å²) in [4.78, 5) is 12.1. The summed E-state index contributed by atoms with van der Waals surface area (Å²) in [5.41, 5.74) is 5.89. The Kier molecular flexibility index (Phi) is 2.99. The summed E-state index contributed by atoms with van der Waals surface area (Å²) in [7, 11) is 0. The van der Waals surface area contributed by atoms with Crippen molar-refractivity contribution in [3.05, 3.63) is 0 Å². The molecule has 1 heterocycles. The minimum atomic E-state index is -0.296. The van der Waals surface area contributed by atoms with E-state index in [2.05, 4.69) is 33.0 Å². The van der Waals surface area contributed by atoms with E-state index < -0.39 is 0 Å². The van der Waals surface area contributed by atoms with Crippen molar-refractivity contribution in [3.63, 3.8) is 0 Å². The van der Waals surface area contributed by atoms with Crippen molar-refractivity contribution in [2.24, 2.45) is 16.6 Å². The van der Waals surface area contributed by atoms with Crippen LogP contribution in [0.15, 0.2) is 0 Å². The molecule has 98 valence electrons. The van der Waals surface area contributed by atoms with Gasteiger partial charge in [0.25, 0.3) is 0 Å². The van der Waals surface area contributed by atoms with Gasteiger partial charge in [-0.1, -0.05) is 27.7 Å². The van der Waals surface area contributed by atoms with E-state index >= 15 is 0 Å². The molecule has 4 heteroatoms. The van der Waals surface area contributed by atoms with Crippen LogP contribution in [0.2, 0.25) is 0 Å². The number of nitrogens with one attached hydrogen (secondary N) is 1. The molecular weight excluding hydrogens is 216 g/mol. The molecule has 1 aliphatic carbocycles. The number of ether oxygens (including phenoxy) is 1. The van der Waals surface area contributed by atoms with Gasteiger partial charge >= 0.3 is 0 Å². The highest BCUT2D eigenvalue weighted by Gasteiger charge is 2.65. The molecule has 2 atom stereocenters. The highest BCUT2D eigenvalue weighted by atomic mass is 16.5. The van der Waals surface area contributed by atoms with Gasteiger partial charge in [-0.25, -0.2) is 0 Å².